The van der Waals surface area contributed by atoms with Crippen LogP contribution in [0.2, 0.25) is 0 Å². The summed E-state index contributed by atoms with van der Waals surface area (Å²) < 4.78 is 6.48. The van der Waals surface area contributed by atoms with Gasteiger partial charge in [0.15, 0.2) is 0 Å². The normalized spacial score (nSPS) is 17.4. The zero-order chi connectivity index (χ0) is 17.0. The molecule has 0 spiro atoms. The molecule has 0 radical (unpaired) electrons. The molecule has 122 valence electrons. The Hall–Kier alpha value is -1.55. The molecule has 0 unspecified atom stereocenters. The first-order valence-electron chi connectivity index (χ1n) is 7.57. The third kappa shape index (κ3) is 5.24. The Bertz CT molecular complexity index is 650. The lowest BCUT2D eigenvalue weighted by Crippen LogP contribution is -2.43. The van der Waals surface area contributed by atoms with Crippen LogP contribution in [0.3, 0.4) is 0 Å². The first kappa shape index (κ1) is 17.8. The molecule has 0 N–H and O–H groups in total. The van der Waals surface area contributed by atoms with Crippen molar-refractivity contribution in [3.63, 3.8) is 0 Å². The number of ketones is 1. The number of Topliss-reactive ketones (excluding diaryl/α,β-unsaturated/α-hetero) is 1. The smallest absolute Gasteiger partial charge is 0.410 e. The van der Waals surface area contributed by atoms with Crippen LogP contribution in [0.25, 0.3) is 0 Å². The molecule has 1 amide bonds. The summed E-state index contributed by atoms with van der Waals surface area (Å²) in [6, 6.07) is 7.14. The number of carbonyl (C=O) groups excluding carboxylic acids is 2. The van der Waals surface area contributed by atoms with Crippen LogP contribution in [0.15, 0.2) is 24.3 Å². The lowest BCUT2D eigenvalue weighted by molar-refractivity contribution is -0.117. The van der Waals surface area contributed by atoms with Gasteiger partial charge >= 0.3 is 6.09 Å². The third-order valence-electron chi connectivity index (χ3n) is 3.36. The van der Waals surface area contributed by atoms with Crippen molar-refractivity contribution in [3.8, 4) is 11.8 Å². The van der Waals surface area contributed by atoms with Gasteiger partial charge in [-0.1, -0.05) is 5.92 Å². The minimum Gasteiger partial charge on any atom is -0.444 e. The van der Waals surface area contributed by atoms with Crippen LogP contribution in [0.5, 0.6) is 0 Å². The second-order valence-electron chi connectivity index (χ2n) is 6.45. The quantitative estimate of drug-likeness (QED) is 0.510. The van der Waals surface area contributed by atoms with Crippen LogP contribution in [0.4, 0.5) is 4.79 Å². The molecule has 1 aliphatic heterocycles. The van der Waals surface area contributed by atoms with Crippen molar-refractivity contribution in [3.05, 3.63) is 33.4 Å². The van der Waals surface area contributed by atoms with Gasteiger partial charge in [-0.3, -0.25) is 9.69 Å². The van der Waals surface area contributed by atoms with Gasteiger partial charge in [0, 0.05) is 15.7 Å². The van der Waals surface area contributed by atoms with E-state index in [2.05, 4.69) is 34.4 Å². The van der Waals surface area contributed by atoms with Crippen LogP contribution in [-0.2, 0) is 9.53 Å². The highest BCUT2D eigenvalue weighted by Crippen LogP contribution is 2.21. The maximum Gasteiger partial charge on any atom is 0.410 e. The Morgan fingerprint density at radius 2 is 1.91 bits per heavy atom. The summed E-state index contributed by atoms with van der Waals surface area (Å²) in [6.45, 7) is 5.98. The molecule has 1 aliphatic rings. The number of carbonyl (C=O) groups is 2. The van der Waals surface area contributed by atoms with Crippen LogP contribution in [-0.4, -0.2) is 35.0 Å². The highest BCUT2D eigenvalue weighted by molar-refractivity contribution is 14.1. The topological polar surface area (TPSA) is 46.6 Å². The van der Waals surface area contributed by atoms with Crippen molar-refractivity contribution in [1.82, 2.24) is 4.90 Å². The predicted molar refractivity (Wildman–Crippen MR) is 97.0 cm³/mol. The van der Waals surface area contributed by atoms with Crippen molar-refractivity contribution in [2.75, 3.05) is 6.54 Å². The first-order valence-corrected chi connectivity index (χ1v) is 8.65. The van der Waals surface area contributed by atoms with Crippen molar-refractivity contribution in [1.29, 1.82) is 0 Å². The Kier molecular flexibility index (Phi) is 5.69. The average molecular weight is 425 g/mol. The van der Waals surface area contributed by atoms with Gasteiger partial charge in [-0.15, -0.1) is 0 Å². The standard InChI is InChI=1S/C18H20INO3/c1-18(2,3)23-17(22)20-12-4-5-15(20)16(21)11-8-13-6-9-14(19)10-7-13/h6-7,9-10,15H,4-5,12H2,1-3H3/t15-/m0/s1. The van der Waals surface area contributed by atoms with E-state index in [0.29, 0.717) is 13.0 Å². The van der Waals surface area contributed by atoms with Gasteiger partial charge in [0.25, 0.3) is 0 Å². The van der Waals surface area contributed by atoms with Gasteiger partial charge in [-0.25, -0.2) is 4.79 Å². The molecule has 1 aromatic rings. The largest absolute Gasteiger partial charge is 0.444 e. The Morgan fingerprint density at radius 1 is 1.26 bits per heavy atom. The molecule has 0 bridgehead atoms. The summed E-state index contributed by atoms with van der Waals surface area (Å²) in [5.74, 6) is 5.31. The summed E-state index contributed by atoms with van der Waals surface area (Å²) >= 11 is 2.22. The second-order valence-corrected chi connectivity index (χ2v) is 7.70. The summed E-state index contributed by atoms with van der Waals surface area (Å²) in [6.07, 6.45) is 0.991. The maximum atomic E-state index is 12.3. The van der Waals surface area contributed by atoms with E-state index in [0.717, 1.165) is 15.6 Å². The van der Waals surface area contributed by atoms with E-state index in [1.165, 1.54) is 4.90 Å². The van der Waals surface area contributed by atoms with Gasteiger partial charge in [0.2, 0.25) is 5.78 Å². The lowest BCUT2D eigenvalue weighted by Gasteiger charge is -2.27. The average Bonchev–Trinajstić information content (AvgIpc) is 2.94. The molecule has 4 nitrogen and oxygen atoms in total. The van der Waals surface area contributed by atoms with Crippen molar-refractivity contribution >= 4 is 34.5 Å². The molecule has 1 saturated heterocycles. The molecule has 23 heavy (non-hydrogen) atoms. The Balaban J connectivity index is 2.06. The number of hydrogen-bond donors (Lipinski definition) is 0. The van der Waals surface area contributed by atoms with Gasteiger partial charge < -0.3 is 4.74 Å². The number of benzene rings is 1. The number of halogens is 1. The molecule has 0 saturated carbocycles. The number of nitrogens with zero attached hydrogens (tertiary/aromatic N) is 1. The van der Waals surface area contributed by atoms with E-state index >= 15 is 0 Å². The molecular formula is C18H20INO3. The maximum absolute atomic E-state index is 12.3. The first-order chi connectivity index (χ1) is 10.8. The second kappa shape index (κ2) is 7.35. The monoisotopic (exact) mass is 425 g/mol. The Morgan fingerprint density at radius 3 is 2.52 bits per heavy atom. The third-order valence-corrected chi connectivity index (χ3v) is 4.08. The van der Waals surface area contributed by atoms with Crippen molar-refractivity contribution < 1.29 is 14.3 Å². The molecule has 1 fully saturated rings. The SMILES string of the molecule is CC(C)(C)OC(=O)N1CCC[C@H]1C(=O)C#Cc1ccc(I)cc1. The minimum absolute atomic E-state index is 0.230. The minimum atomic E-state index is -0.569. The number of ether oxygens (including phenoxy) is 1. The predicted octanol–water partition coefficient (Wildman–Crippen LogP) is 3.61. The lowest BCUT2D eigenvalue weighted by atomic mass is 10.1. The van der Waals surface area contributed by atoms with E-state index < -0.39 is 17.7 Å². The van der Waals surface area contributed by atoms with Gasteiger partial charge in [-0.2, -0.15) is 0 Å². The summed E-state index contributed by atoms with van der Waals surface area (Å²) in [4.78, 5) is 26.0. The Labute approximate surface area is 150 Å². The molecule has 1 heterocycles. The van der Waals surface area contributed by atoms with E-state index in [9.17, 15) is 9.59 Å². The highest BCUT2D eigenvalue weighted by atomic mass is 127. The van der Waals surface area contributed by atoms with Crippen LogP contribution in [0, 0.1) is 15.4 Å². The van der Waals surface area contributed by atoms with Crippen LogP contribution >= 0.6 is 22.6 Å². The van der Waals surface area contributed by atoms with Crippen LogP contribution in [0.1, 0.15) is 39.2 Å². The number of rotatable bonds is 1. The molecule has 2 rings (SSSR count). The zero-order valence-electron chi connectivity index (χ0n) is 13.6. The number of likely N-dealkylation sites (tertiary alicyclic amines) is 1. The van der Waals surface area contributed by atoms with E-state index in [-0.39, 0.29) is 5.78 Å². The molecule has 5 heteroatoms. The van der Waals surface area contributed by atoms with Crippen molar-refractivity contribution in [2.24, 2.45) is 0 Å². The zero-order valence-corrected chi connectivity index (χ0v) is 15.7. The van der Waals surface area contributed by atoms with E-state index in [1.807, 2.05) is 45.0 Å². The molecular weight excluding hydrogens is 405 g/mol. The molecule has 1 atom stereocenters. The van der Waals surface area contributed by atoms with E-state index in [1.54, 1.807) is 0 Å². The van der Waals surface area contributed by atoms with Crippen molar-refractivity contribution in [2.45, 2.75) is 45.3 Å². The fourth-order valence-corrected chi connectivity index (χ4v) is 2.69. The summed E-state index contributed by atoms with van der Waals surface area (Å²) in [5, 5.41) is 0. The van der Waals surface area contributed by atoms with Crippen LogP contribution < -0.4 is 0 Å². The number of hydrogen-bond acceptors (Lipinski definition) is 3. The fraction of sp³-hybridized carbons (Fsp3) is 0.444. The molecule has 0 aliphatic carbocycles. The molecule has 1 aromatic carbocycles. The van der Waals surface area contributed by atoms with Gasteiger partial charge in [-0.05, 0) is 86.4 Å². The van der Waals surface area contributed by atoms with Gasteiger partial charge in [0.05, 0.1) is 0 Å². The molecule has 0 aromatic heterocycles. The van der Waals surface area contributed by atoms with E-state index in [4.69, 9.17) is 4.74 Å². The number of amides is 1. The summed E-state index contributed by atoms with van der Waals surface area (Å²) in [5.41, 5.74) is 0.223. The highest BCUT2D eigenvalue weighted by Gasteiger charge is 2.35. The van der Waals surface area contributed by atoms with Gasteiger partial charge in [0.1, 0.15) is 11.6 Å². The fourth-order valence-electron chi connectivity index (χ4n) is 2.33. The summed E-state index contributed by atoms with van der Waals surface area (Å²) in [7, 11) is 0.